The maximum absolute atomic E-state index is 11.5. The number of carbonyl (C=O) groups is 7. The molecule has 0 aromatic rings. The monoisotopic (exact) mass is 1530 g/mol. The normalized spacial score (nSPS) is 9.21. The Balaban J connectivity index is -0.000000297. The molecule has 0 fully saturated rings. The lowest BCUT2D eigenvalue weighted by molar-refractivity contribution is -0.0523. The molecule has 0 aliphatic carbocycles. The minimum absolute atomic E-state index is 0.122. The summed E-state index contributed by atoms with van der Waals surface area (Å²) >= 11 is 0. The molecule has 0 N–H and O–H groups in total. The Hall–Kier alpha value is -11.2. The largest absolute Gasteiger partial charge is 0.509 e. The van der Waals surface area contributed by atoms with Crippen LogP contribution in [0.4, 0.5) is 33.6 Å². The van der Waals surface area contributed by atoms with Crippen LogP contribution in [0.15, 0.2) is 0 Å². The Morgan fingerprint density at radius 2 is 0.385 bits per heavy atom. The Morgan fingerprint density at radius 3 is 0.615 bits per heavy atom. The van der Waals surface area contributed by atoms with Crippen LogP contribution in [0.2, 0.25) is 0 Å². The lowest BCUT2D eigenvalue weighted by Gasteiger charge is -2.30. The number of unbranched alkanes of at least 4 members (excludes halogenated alkanes) is 4. The number of ether oxygens (including phenoxy) is 22. The maximum atomic E-state index is 11.5. The summed E-state index contributed by atoms with van der Waals surface area (Å²) in [5, 5.41) is 0. The lowest BCUT2D eigenvalue weighted by Crippen LogP contribution is -2.39. The molecule has 0 aromatic heterocycles. The molecule has 0 aromatic carbocycles. The zero-order valence-corrected chi connectivity index (χ0v) is 62.7. The van der Waals surface area contributed by atoms with Gasteiger partial charge in [0.15, 0.2) is 33.0 Å². The summed E-state index contributed by atoms with van der Waals surface area (Å²) < 4.78 is 107. The van der Waals surface area contributed by atoms with E-state index in [4.69, 9.17) is 145 Å². The van der Waals surface area contributed by atoms with Crippen LogP contribution < -0.4 is 0 Å². The second-order valence-electron chi connectivity index (χ2n) is 19.8. The molecule has 0 rings (SSSR count). The van der Waals surface area contributed by atoms with E-state index in [9.17, 15) is 33.6 Å². The number of rotatable bonds is 55. The van der Waals surface area contributed by atoms with Crippen molar-refractivity contribution in [2.24, 2.45) is 5.41 Å². The van der Waals surface area contributed by atoms with Crippen molar-refractivity contribution in [2.45, 2.75) is 103 Å². The van der Waals surface area contributed by atoms with Crippen LogP contribution in [-0.4, -0.2) is 241 Å². The van der Waals surface area contributed by atoms with Crippen molar-refractivity contribution < 1.29 is 138 Å². The van der Waals surface area contributed by atoms with Gasteiger partial charge >= 0.3 is 43.1 Å². The van der Waals surface area contributed by atoms with Gasteiger partial charge in [0.05, 0.1) is 97.9 Å². The topological polar surface area (TPSA) is 323 Å². The number of carbonyl (C=O) groups excluding carboxylic acids is 7. The SMILES string of the molecule is C#CCCOC(=O)OCCCCOC(=O)OCCC#C.C#CCCOCCCCOCCC#C.C#CCCOCCOCCOCCOCCC#C.C#CCOC(=O)OCC(CC)(COC(=O)OCC#C)COC(=O)OCC#C.C#CCOC(=O)OCCCCOC(=O)OCC#C.C#CCOCCCCOCC#C. The first-order chi connectivity index (χ1) is 53.1. The molecule has 0 amide bonds. The quantitative estimate of drug-likeness (QED) is 0.0237. The van der Waals surface area contributed by atoms with E-state index < -0.39 is 48.5 Å². The zero-order chi connectivity index (χ0) is 82.1. The molecule has 0 spiro atoms. The summed E-state index contributed by atoms with van der Waals surface area (Å²) in [6, 6.07) is 0. The Kier molecular flexibility index (Phi) is 96.7. The number of hydrogen-bond donors (Lipinski definition) is 0. The molecule has 0 atom stereocenters. The minimum Gasteiger partial charge on any atom is -0.434 e. The second kappa shape index (κ2) is 96.8. The molecule has 109 heavy (non-hydrogen) atoms. The van der Waals surface area contributed by atoms with Gasteiger partial charge in [-0.1, -0.05) is 48.4 Å². The van der Waals surface area contributed by atoms with E-state index in [-0.39, 0.29) is 98.9 Å². The van der Waals surface area contributed by atoms with E-state index >= 15 is 0 Å². The molecule has 29 heteroatoms. The third kappa shape index (κ3) is 101. The molecule has 0 heterocycles. The highest BCUT2D eigenvalue weighted by atomic mass is 16.8. The second-order valence-corrected chi connectivity index (χ2v) is 19.8. The van der Waals surface area contributed by atoms with Gasteiger partial charge in [-0.25, -0.2) is 33.6 Å². The molecule has 0 saturated heterocycles. The van der Waals surface area contributed by atoms with Gasteiger partial charge in [0.25, 0.3) is 0 Å². The van der Waals surface area contributed by atoms with Crippen LogP contribution in [-0.2, 0) is 104 Å². The zero-order valence-electron chi connectivity index (χ0n) is 62.7. The number of hydrogen-bond acceptors (Lipinski definition) is 29. The van der Waals surface area contributed by atoms with Crippen molar-refractivity contribution in [3.05, 3.63) is 0 Å². The first-order valence-electron chi connectivity index (χ1n) is 33.9. The van der Waals surface area contributed by atoms with Gasteiger partial charge in [-0.3, -0.25) is 0 Å². The molecule has 0 unspecified atom stereocenters. The summed E-state index contributed by atoms with van der Waals surface area (Å²) in [5.41, 5.74) is -1.10. The Labute approximate surface area is 645 Å². The molecule has 0 bridgehead atoms. The lowest BCUT2D eigenvalue weighted by atomic mass is 9.88. The van der Waals surface area contributed by atoms with Gasteiger partial charge in [0.2, 0.25) is 0 Å². The molecule has 0 saturated carbocycles. The molecule has 0 radical (unpaired) electrons. The summed E-state index contributed by atoms with van der Waals surface area (Å²) in [7, 11) is 0. The Morgan fingerprint density at radius 1 is 0.202 bits per heavy atom. The molecule has 600 valence electrons. The average molecular weight is 1530 g/mol. The average Bonchev–Trinajstić information content (AvgIpc) is 0.865. The van der Waals surface area contributed by atoms with Crippen molar-refractivity contribution in [1.82, 2.24) is 0 Å². The van der Waals surface area contributed by atoms with Gasteiger partial charge in [0.1, 0.15) is 46.2 Å². The smallest absolute Gasteiger partial charge is 0.434 e. The van der Waals surface area contributed by atoms with E-state index in [1.165, 1.54) is 0 Å². The van der Waals surface area contributed by atoms with Gasteiger partial charge in [-0.15, -0.1) is 119 Å². The van der Waals surface area contributed by atoms with Crippen molar-refractivity contribution in [3.63, 3.8) is 0 Å². The van der Waals surface area contributed by atoms with E-state index in [0.29, 0.717) is 157 Å². The summed E-state index contributed by atoms with van der Waals surface area (Å²) in [6.07, 6.45) is 68.4. The van der Waals surface area contributed by atoms with Gasteiger partial charge < -0.3 is 104 Å². The third-order valence-corrected chi connectivity index (χ3v) is 11.2. The van der Waals surface area contributed by atoms with Crippen molar-refractivity contribution in [3.8, 4) is 160 Å². The highest BCUT2D eigenvalue weighted by Gasteiger charge is 2.35. The highest BCUT2D eigenvalue weighted by Crippen LogP contribution is 2.25. The fraction of sp³-hybridized carbons (Fsp3) is 0.588. The predicted molar refractivity (Wildman–Crippen MR) is 400 cm³/mol. The summed E-state index contributed by atoms with van der Waals surface area (Å²) in [4.78, 5) is 78.0. The van der Waals surface area contributed by atoms with Crippen molar-refractivity contribution in [2.75, 3.05) is 198 Å². The van der Waals surface area contributed by atoms with Crippen LogP contribution >= 0.6 is 0 Å². The summed E-state index contributed by atoms with van der Waals surface area (Å²) in [5.74, 6) is 30.1. The Bertz CT molecular complexity index is 2650. The van der Waals surface area contributed by atoms with Gasteiger partial charge in [-0.05, 0) is 57.8 Å². The first kappa shape index (κ1) is 109. The van der Waals surface area contributed by atoms with Crippen LogP contribution in [0.5, 0.6) is 0 Å². The van der Waals surface area contributed by atoms with Crippen LogP contribution in [0.1, 0.15) is 103 Å². The van der Waals surface area contributed by atoms with Gasteiger partial charge in [-0.2, -0.15) is 0 Å². The fourth-order valence-corrected chi connectivity index (χ4v) is 5.85. The van der Waals surface area contributed by atoms with Crippen LogP contribution in [0.25, 0.3) is 0 Å². The van der Waals surface area contributed by atoms with Crippen molar-refractivity contribution >= 4 is 43.1 Å². The molecule has 29 nitrogen and oxygen atoms in total. The van der Waals surface area contributed by atoms with Crippen LogP contribution in [0, 0.1) is 166 Å². The van der Waals surface area contributed by atoms with E-state index in [1.54, 1.807) is 6.92 Å². The predicted octanol–water partition coefficient (Wildman–Crippen LogP) is 9.21. The van der Waals surface area contributed by atoms with Crippen molar-refractivity contribution in [1.29, 1.82) is 0 Å². The van der Waals surface area contributed by atoms with Crippen LogP contribution in [0.3, 0.4) is 0 Å². The molecular weight excluding hydrogens is 1420 g/mol. The fourth-order valence-electron chi connectivity index (χ4n) is 5.85. The van der Waals surface area contributed by atoms with E-state index in [1.807, 2.05) is 0 Å². The molecular formula is C80H106O29. The third-order valence-electron chi connectivity index (χ3n) is 11.2. The van der Waals surface area contributed by atoms with E-state index in [0.717, 1.165) is 38.9 Å². The maximum Gasteiger partial charge on any atom is 0.509 e. The standard InChI is InChI=1S/C18H20O9.C14H18O6.C14H22O4.C12H14O6.C12H18O2.C10H14O2/c1-5-9-22-15(19)25-12-18(8-4,13-26-16(20)23-10-6-2)14-27-17(21)24-11-7-3;1-3-5-9-17-13(15)19-11-7-8-12-20-14(16)18-10-6-4-2;1-3-5-7-15-9-11-17-13-14-18-12-10-16-8-6-4-2;1-3-7-15-11(13)17-9-5-6-10-18-12(14)16-8-4-2;1-3-5-9-13-11-7-8-12-14-10-6-4-2;1-3-7-11-9-5-6-10-12-8-4-2/h1-3H,8-14H2,4H3;1-2H,5-12H2;1-2H,5-14H2;1-2H,5-10H2;1-2H,5-12H2;1-2H,5-10H2. The molecule has 0 aliphatic heterocycles. The number of terminal acetylenes is 13. The summed E-state index contributed by atoms with van der Waals surface area (Å²) in [6.45, 7) is 10.3. The van der Waals surface area contributed by atoms with Gasteiger partial charge in [0, 0.05) is 65.0 Å². The highest BCUT2D eigenvalue weighted by molar-refractivity contribution is 5.62. The minimum atomic E-state index is -1.10. The molecule has 0 aliphatic rings. The van der Waals surface area contributed by atoms with E-state index in [2.05, 4.69) is 120 Å². The first-order valence-corrected chi connectivity index (χ1v) is 33.9.